The molecule has 2 aromatic carbocycles. The van der Waals surface area contributed by atoms with Gasteiger partial charge in [-0.1, -0.05) is 50.1 Å². The molecule has 0 amide bonds. The van der Waals surface area contributed by atoms with E-state index in [0.29, 0.717) is 12.2 Å². The smallest absolute Gasteiger partial charge is 0.416 e. The topological polar surface area (TPSA) is 35.2 Å². The lowest BCUT2D eigenvalue weighted by atomic mass is 9.99. The van der Waals surface area contributed by atoms with Gasteiger partial charge in [0.2, 0.25) is 0 Å². The highest BCUT2D eigenvalue weighted by atomic mass is 19.4. The largest absolute Gasteiger partial charge is 0.486 e. The Labute approximate surface area is 146 Å². The summed E-state index contributed by atoms with van der Waals surface area (Å²) in [7, 11) is 0. The fraction of sp³-hybridized carbons (Fsp3) is 0.400. The molecule has 2 aromatic rings. The maximum atomic E-state index is 12.7. The van der Waals surface area contributed by atoms with Crippen molar-refractivity contribution in [1.82, 2.24) is 0 Å². The van der Waals surface area contributed by atoms with Crippen molar-refractivity contribution in [3.8, 4) is 5.75 Å². The fourth-order valence-corrected chi connectivity index (χ4v) is 2.67. The van der Waals surface area contributed by atoms with E-state index >= 15 is 0 Å². The zero-order chi connectivity index (χ0) is 18.3. The van der Waals surface area contributed by atoms with Crippen molar-refractivity contribution in [1.29, 1.82) is 0 Å². The highest BCUT2D eigenvalue weighted by Crippen LogP contribution is 2.32. The van der Waals surface area contributed by atoms with Gasteiger partial charge in [-0.25, -0.2) is 0 Å². The van der Waals surface area contributed by atoms with Crippen molar-refractivity contribution in [3.63, 3.8) is 0 Å². The highest BCUT2D eigenvalue weighted by Gasteiger charge is 2.30. The van der Waals surface area contributed by atoms with E-state index in [4.69, 9.17) is 10.5 Å². The molecular formula is C20H24F3NO. The second-order valence-corrected chi connectivity index (χ2v) is 6.18. The van der Waals surface area contributed by atoms with E-state index in [-0.39, 0.29) is 12.1 Å². The minimum Gasteiger partial charge on any atom is -0.486 e. The molecule has 0 aromatic heterocycles. The third-order valence-corrected chi connectivity index (χ3v) is 4.08. The number of benzene rings is 2. The van der Waals surface area contributed by atoms with Gasteiger partial charge in [-0.2, -0.15) is 13.2 Å². The lowest BCUT2D eigenvalue weighted by molar-refractivity contribution is -0.137. The normalized spacial score (nSPS) is 14.1. The predicted octanol–water partition coefficient (Wildman–Crippen LogP) is 5.73. The van der Waals surface area contributed by atoms with E-state index in [0.717, 1.165) is 37.0 Å². The third kappa shape index (κ3) is 6.09. The molecule has 0 aliphatic rings. The molecule has 25 heavy (non-hydrogen) atoms. The minimum atomic E-state index is -4.35. The maximum Gasteiger partial charge on any atom is 0.416 e. The van der Waals surface area contributed by atoms with Crippen LogP contribution in [0.4, 0.5) is 13.2 Å². The summed E-state index contributed by atoms with van der Waals surface area (Å²) in [4.78, 5) is 0. The molecule has 0 spiro atoms. The zero-order valence-electron chi connectivity index (χ0n) is 14.3. The van der Waals surface area contributed by atoms with Gasteiger partial charge in [0.1, 0.15) is 11.9 Å². The van der Waals surface area contributed by atoms with Crippen LogP contribution in [0.1, 0.15) is 49.8 Å². The molecule has 2 rings (SSSR count). The Hall–Kier alpha value is -2.01. The SMILES string of the molecule is CCCCC(N)CC(Oc1ccc(C(F)(F)F)cc1)c1ccccc1. The average Bonchev–Trinajstić information content (AvgIpc) is 2.60. The molecule has 0 bridgehead atoms. The Kier molecular flexibility index (Phi) is 6.88. The summed E-state index contributed by atoms with van der Waals surface area (Å²) < 4.78 is 44.0. The molecule has 136 valence electrons. The molecule has 2 atom stereocenters. The molecule has 0 saturated carbocycles. The van der Waals surface area contributed by atoms with Crippen LogP contribution in [-0.4, -0.2) is 6.04 Å². The first kappa shape index (κ1) is 19.3. The molecule has 0 aliphatic carbocycles. The van der Waals surface area contributed by atoms with Crippen LogP contribution in [0.15, 0.2) is 54.6 Å². The Balaban J connectivity index is 2.13. The molecule has 0 radical (unpaired) electrons. The first-order valence-corrected chi connectivity index (χ1v) is 8.54. The second-order valence-electron chi connectivity index (χ2n) is 6.18. The molecule has 2 N–H and O–H groups in total. The molecule has 0 fully saturated rings. The Morgan fingerprint density at radius 3 is 2.20 bits per heavy atom. The first-order chi connectivity index (χ1) is 11.9. The monoisotopic (exact) mass is 351 g/mol. The molecule has 0 heterocycles. The summed E-state index contributed by atoms with van der Waals surface area (Å²) >= 11 is 0. The number of halogens is 3. The number of hydrogen-bond acceptors (Lipinski definition) is 2. The van der Waals surface area contributed by atoms with E-state index in [1.807, 2.05) is 30.3 Å². The summed E-state index contributed by atoms with van der Waals surface area (Å²) in [6.07, 6.45) is -1.00. The van der Waals surface area contributed by atoms with Crippen molar-refractivity contribution in [2.24, 2.45) is 5.73 Å². The number of unbranched alkanes of at least 4 members (excludes halogenated alkanes) is 1. The van der Waals surface area contributed by atoms with E-state index < -0.39 is 11.7 Å². The van der Waals surface area contributed by atoms with Crippen molar-refractivity contribution in [2.45, 2.75) is 50.9 Å². The number of ether oxygens (including phenoxy) is 1. The average molecular weight is 351 g/mol. The van der Waals surface area contributed by atoms with Gasteiger partial charge in [0.25, 0.3) is 0 Å². The van der Waals surface area contributed by atoms with Crippen LogP contribution in [0, 0.1) is 0 Å². The molecule has 0 aliphatic heterocycles. The standard InChI is InChI=1S/C20H24F3NO/c1-2-3-9-17(24)14-19(15-7-5-4-6-8-15)25-18-12-10-16(11-13-18)20(21,22)23/h4-8,10-13,17,19H,2-3,9,14,24H2,1H3. The Morgan fingerprint density at radius 1 is 1.00 bits per heavy atom. The number of alkyl halides is 3. The van der Waals surface area contributed by atoms with Crippen LogP contribution < -0.4 is 10.5 Å². The molecule has 2 unspecified atom stereocenters. The van der Waals surface area contributed by atoms with Gasteiger partial charge in [0, 0.05) is 12.5 Å². The van der Waals surface area contributed by atoms with Crippen LogP contribution in [0.2, 0.25) is 0 Å². The summed E-state index contributed by atoms with van der Waals surface area (Å²) in [6.45, 7) is 2.11. The van der Waals surface area contributed by atoms with Gasteiger partial charge in [-0.15, -0.1) is 0 Å². The number of hydrogen-bond donors (Lipinski definition) is 1. The lowest BCUT2D eigenvalue weighted by Crippen LogP contribution is -2.25. The van der Waals surface area contributed by atoms with Gasteiger partial charge in [0.05, 0.1) is 5.56 Å². The second kappa shape index (κ2) is 8.90. The lowest BCUT2D eigenvalue weighted by Gasteiger charge is -2.23. The highest BCUT2D eigenvalue weighted by molar-refractivity contribution is 5.30. The van der Waals surface area contributed by atoms with Crippen LogP contribution >= 0.6 is 0 Å². The van der Waals surface area contributed by atoms with Crippen molar-refractivity contribution < 1.29 is 17.9 Å². The van der Waals surface area contributed by atoms with Gasteiger partial charge in [-0.05, 0) is 36.2 Å². The maximum absolute atomic E-state index is 12.7. The van der Waals surface area contributed by atoms with Gasteiger partial charge >= 0.3 is 6.18 Å². The van der Waals surface area contributed by atoms with Gasteiger partial charge in [-0.3, -0.25) is 0 Å². The Bertz CT molecular complexity index is 626. The van der Waals surface area contributed by atoms with Crippen molar-refractivity contribution in [2.75, 3.05) is 0 Å². The van der Waals surface area contributed by atoms with Crippen molar-refractivity contribution in [3.05, 3.63) is 65.7 Å². The molecule has 5 heteroatoms. The van der Waals surface area contributed by atoms with Crippen molar-refractivity contribution >= 4 is 0 Å². The molecule has 2 nitrogen and oxygen atoms in total. The van der Waals surface area contributed by atoms with Crippen LogP contribution in [0.3, 0.4) is 0 Å². The summed E-state index contributed by atoms with van der Waals surface area (Å²) in [5, 5.41) is 0. The van der Waals surface area contributed by atoms with Gasteiger partial charge < -0.3 is 10.5 Å². The van der Waals surface area contributed by atoms with Crippen LogP contribution in [-0.2, 0) is 6.18 Å². The van der Waals surface area contributed by atoms with Gasteiger partial charge in [0.15, 0.2) is 0 Å². The van der Waals surface area contributed by atoms with Crippen LogP contribution in [0.25, 0.3) is 0 Å². The summed E-state index contributed by atoms with van der Waals surface area (Å²) in [5.41, 5.74) is 6.49. The predicted molar refractivity (Wildman–Crippen MR) is 93.4 cm³/mol. The quantitative estimate of drug-likeness (QED) is 0.659. The summed E-state index contributed by atoms with van der Waals surface area (Å²) in [6, 6.07) is 14.4. The Morgan fingerprint density at radius 2 is 1.64 bits per heavy atom. The minimum absolute atomic E-state index is 0.0143. The first-order valence-electron chi connectivity index (χ1n) is 8.54. The van der Waals surface area contributed by atoms with E-state index in [1.54, 1.807) is 0 Å². The number of rotatable bonds is 8. The summed E-state index contributed by atoms with van der Waals surface area (Å²) in [5.74, 6) is 0.407. The van der Waals surface area contributed by atoms with E-state index in [2.05, 4.69) is 6.92 Å². The third-order valence-electron chi connectivity index (χ3n) is 4.08. The molecular weight excluding hydrogens is 327 g/mol. The fourth-order valence-electron chi connectivity index (χ4n) is 2.67. The zero-order valence-corrected chi connectivity index (χ0v) is 14.3. The number of nitrogens with two attached hydrogens (primary N) is 1. The molecule has 0 saturated heterocycles. The van der Waals surface area contributed by atoms with Crippen LogP contribution in [0.5, 0.6) is 5.75 Å². The van der Waals surface area contributed by atoms with E-state index in [1.165, 1.54) is 12.1 Å². The van der Waals surface area contributed by atoms with E-state index in [9.17, 15) is 13.2 Å².